The quantitative estimate of drug-likeness (QED) is 0.535. The Morgan fingerprint density at radius 1 is 1.33 bits per heavy atom. The Morgan fingerprint density at radius 2 is 2.08 bits per heavy atom. The third-order valence-corrected chi connectivity index (χ3v) is 1.33. The molecule has 68 valence electrons. The van der Waals surface area contributed by atoms with Crippen LogP contribution in [0.25, 0.3) is 0 Å². The largest absolute Gasteiger partial charge is 0.494 e. The predicted octanol–water partition coefficient (Wildman–Crippen LogP) is 3.45. The lowest BCUT2D eigenvalue weighted by molar-refractivity contribution is 0.223. The minimum atomic E-state index is 0.756. The maximum Gasteiger partial charge on any atom is 0.112 e. The number of hydrogen-bond donors (Lipinski definition) is 0. The van der Waals surface area contributed by atoms with E-state index in [9.17, 15) is 0 Å². The summed E-state index contributed by atoms with van der Waals surface area (Å²) in [5.74, 6) is 0.756. The third-order valence-electron chi connectivity index (χ3n) is 1.33. The summed E-state index contributed by atoms with van der Waals surface area (Å²) in [7, 11) is 0. The molecular formula is C11H18O. The molecule has 0 spiro atoms. The molecule has 0 aromatic rings. The first-order valence-corrected chi connectivity index (χ1v) is 4.54. The van der Waals surface area contributed by atoms with E-state index in [1.807, 2.05) is 32.1 Å². The van der Waals surface area contributed by atoms with Crippen LogP contribution in [0.4, 0.5) is 0 Å². The van der Waals surface area contributed by atoms with Crippen LogP contribution in [0.2, 0.25) is 0 Å². The van der Waals surface area contributed by atoms with Gasteiger partial charge < -0.3 is 4.74 Å². The van der Waals surface area contributed by atoms with Gasteiger partial charge in [-0.3, -0.25) is 0 Å². The maximum atomic E-state index is 5.24. The van der Waals surface area contributed by atoms with Gasteiger partial charge in [0, 0.05) is 0 Å². The fraction of sp³-hybridized carbons (Fsp3) is 0.455. The van der Waals surface area contributed by atoms with Crippen molar-refractivity contribution in [2.45, 2.75) is 26.7 Å². The Balaban J connectivity index is 0.000000561. The van der Waals surface area contributed by atoms with Crippen molar-refractivity contribution >= 4 is 0 Å². The molecule has 0 fully saturated rings. The fourth-order valence-corrected chi connectivity index (χ4v) is 0.790. The second kappa shape index (κ2) is 8.12. The van der Waals surface area contributed by atoms with E-state index in [-0.39, 0.29) is 0 Å². The molecule has 0 aliphatic carbocycles. The van der Waals surface area contributed by atoms with E-state index in [0.717, 1.165) is 25.2 Å². The summed E-state index contributed by atoms with van der Waals surface area (Å²) in [6.07, 6.45) is 10.2. The molecule has 1 rings (SSSR count). The average Bonchev–Trinajstić information content (AvgIpc) is 2.22. The monoisotopic (exact) mass is 166 g/mol. The SMILES string of the molecule is C=C1/C=C\C=C/CCCO1.CC. The van der Waals surface area contributed by atoms with Gasteiger partial charge in [0.05, 0.1) is 6.61 Å². The van der Waals surface area contributed by atoms with Crippen LogP contribution >= 0.6 is 0 Å². The maximum absolute atomic E-state index is 5.24. The molecule has 0 aromatic carbocycles. The number of hydrogen-bond acceptors (Lipinski definition) is 1. The van der Waals surface area contributed by atoms with E-state index in [1.165, 1.54) is 0 Å². The van der Waals surface area contributed by atoms with E-state index in [1.54, 1.807) is 0 Å². The van der Waals surface area contributed by atoms with E-state index in [0.29, 0.717) is 0 Å². The highest BCUT2D eigenvalue weighted by molar-refractivity contribution is 5.14. The summed E-state index contributed by atoms with van der Waals surface area (Å²) >= 11 is 0. The molecule has 1 aliphatic heterocycles. The predicted molar refractivity (Wildman–Crippen MR) is 54.0 cm³/mol. The lowest BCUT2D eigenvalue weighted by Crippen LogP contribution is -1.89. The first kappa shape index (κ1) is 11.0. The molecule has 0 aromatic heterocycles. The van der Waals surface area contributed by atoms with Gasteiger partial charge in [0.2, 0.25) is 0 Å². The number of rotatable bonds is 0. The van der Waals surface area contributed by atoms with Crippen LogP contribution < -0.4 is 0 Å². The van der Waals surface area contributed by atoms with Crippen molar-refractivity contribution < 1.29 is 4.74 Å². The molecule has 1 nitrogen and oxygen atoms in total. The Morgan fingerprint density at radius 3 is 2.83 bits per heavy atom. The molecule has 0 amide bonds. The molecule has 0 atom stereocenters. The van der Waals surface area contributed by atoms with Crippen LogP contribution in [-0.2, 0) is 4.74 Å². The number of ether oxygens (including phenoxy) is 1. The first-order chi connectivity index (χ1) is 5.89. The summed E-state index contributed by atoms with van der Waals surface area (Å²) in [6, 6.07) is 0. The van der Waals surface area contributed by atoms with Crippen molar-refractivity contribution in [1.29, 1.82) is 0 Å². The number of allylic oxidation sites excluding steroid dienone is 4. The van der Waals surface area contributed by atoms with E-state index in [2.05, 4.69) is 12.7 Å². The summed E-state index contributed by atoms with van der Waals surface area (Å²) in [6.45, 7) is 8.50. The van der Waals surface area contributed by atoms with Gasteiger partial charge in [-0.15, -0.1) is 0 Å². The molecule has 0 N–H and O–H groups in total. The second-order valence-electron chi connectivity index (χ2n) is 2.24. The van der Waals surface area contributed by atoms with Gasteiger partial charge in [-0.25, -0.2) is 0 Å². The van der Waals surface area contributed by atoms with Gasteiger partial charge in [-0.1, -0.05) is 38.7 Å². The normalized spacial score (nSPS) is 21.7. The van der Waals surface area contributed by atoms with Crippen molar-refractivity contribution in [2.24, 2.45) is 0 Å². The van der Waals surface area contributed by atoms with Crippen molar-refractivity contribution in [3.63, 3.8) is 0 Å². The lowest BCUT2D eigenvalue weighted by atomic mass is 10.3. The fourth-order valence-electron chi connectivity index (χ4n) is 0.790. The first-order valence-electron chi connectivity index (χ1n) is 4.54. The van der Waals surface area contributed by atoms with E-state index >= 15 is 0 Å². The average molecular weight is 166 g/mol. The van der Waals surface area contributed by atoms with Gasteiger partial charge in [0.15, 0.2) is 0 Å². The zero-order valence-electron chi connectivity index (χ0n) is 8.05. The molecule has 0 saturated carbocycles. The minimum absolute atomic E-state index is 0.756. The van der Waals surface area contributed by atoms with Crippen molar-refractivity contribution in [3.8, 4) is 0 Å². The highest BCUT2D eigenvalue weighted by Crippen LogP contribution is 2.02. The van der Waals surface area contributed by atoms with Crippen LogP contribution in [0, 0.1) is 0 Å². The molecule has 1 aliphatic rings. The molecule has 12 heavy (non-hydrogen) atoms. The molecular weight excluding hydrogens is 148 g/mol. The van der Waals surface area contributed by atoms with Gasteiger partial charge in [0.1, 0.15) is 5.76 Å². The van der Waals surface area contributed by atoms with E-state index < -0.39 is 0 Å². The zero-order chi connectivity index (χ0) is 9.23. The Kier molecular flexibility index (Phi) is 7.46. The van der Waals surface area contributed by atoms with Gasteiger partial charge in [-0.05, 0) is 18.9 Å². The smallest absolute Gasteiger partial charge is 0.112 e. The summed E-state index contributed by atoms with van der Waals surface area (Å²) in [4.78, 5) is 0. The zero-order valence-corrected chi connectivity index (χ0v) is 8.05. The molecule has 0 saturated heterocycles. The minimum Gasteiger partial charge on any atom is -0.494 e. The molecule has 1 heterocycles. The van der Waals surface area contributed by atoms with Crippen LogP contribution in [0.3, 0.4) is 0 Å². The molecule has 0 radical (unpaired) electrons. The van der Waals surface area contributed by atoms with Crippen molar-refractivity contribution in [1.82, 2.24) is 0 Å². The lowest BCUT2D eigenvalue weighted by Gasteiger charge is -2.01. The molecule has 1 heteroatoms. The summed E-state index contributed by atoms with van der Waals surface area (Å²) < 4.78 is 5.24. The standard InChI is InChI=1S/C9H12O.C2H6/c1-9-7-5-3-2-4-6-8-10-9;1-2/h2-3,5,7H,1,4,6,8H2;1-2H3/b3-2-,7-5-;. The molecule has 0 bridgehead atoms. The van der Waals surface area contributed by atoms with Crippen LogP contribution in [-0.4, -0.2) is 6.61 Å². The highest BCUT2D eigenvalue weighted by Gasteiger charge is 1.89. The van der Waals surface area contributed by atoms with Gasteiger partial charge in [0.25, 0.3) is 0 Å². The van der Waals surface area contributed by atoms with Gasteiger partial charge in [-0.2, -0.15) is 0 Å². The topological polar surface area (TPSA) is 9.23 Å². The third kappa shape index (κ3) is 5.78. The summed E-state index contributed by atoms with van der Waals surface area (Å²) in [5.41, 5.74) is 0. The Bertz CT molecular complexity index is 166. The van der Waals surface area contributed by atoms with Crippen LogP contribution in [0.1, 0.15) is 26.7 Å². The summed E-state index contributed by atoms with van der Waals surface area (Å²) in [5, 5.41) is 0. The Hall–Kier alpha value is -0.980. The highest BCUT2D eigenvalue weighted by atomic mass is 16.5. The van der Waals surface area contributed by atoms with Gasteiger partial charge >= 0.3 is 0 Å². The van der Waals surface area contributed by atoms with E-state index in [4.69, 9.17) is 4.74 Å². The van der Waals surface area contributed by atoms with Crippen LogP contribution in [0.15, 0.2) is 36.6 Å². The van der Waals surface area contributed by atoms with Crippen molar-refractivity contribution in [2.75, 3.05) is 6.61 Å². The Labute approximate surface area is 75.4 Å². The van der Waals surface area contributed by atoms with Crippen LogP contribution in [0.5, 0.6) is 0 Å². The van der Waals surface area contributed by atoms with Crippen molar-refractivity contribution in [3.05, 3.63) is 36.6 Å². The second-order valence-corrected chi connectivity index (χ2v) is 2.24. The molecule has 0 unspecified atom stereocenters.